The predicted molar refractivity (Wildman–Crippen MR) is 46.9 cm³/mol. The first-order valence-electron chi connectivity index (χ1n) is 4.17. The van der Waals surface area contributed by atoms with Gasteiger partial charge in [0.15, 0.2) is 0 Å². The van der Waals surface area contributed by atoms with Crippen molar-refractivity contribution in [1.29, 1.82) is 0 Å². The first-order valence-corrected chi connectivity index (χ1v) is 4.17. The maximum absolute atomic E-state index is 10.1. The highest BCUT2D eigenvalue weighted by atomic mass is 16.4. The molecule has 0 aliphatic heterocycles. The molecule has 0 fully saturated rings. The topological polar surface area (TPSA) is 57.5 Å². The van der Waals surface area contributed by atoms with Crippen molar-refractivity contribution in [2.75, 3.05) is 6.61 Å². The Balaban J connectivity index is 3.42. The number of carbonyl (C=O) groups is 1. The highest BCUT2D eigenvalue weighted by molar-refractivity contribution is 5.79. The fourth-order valence-electron chi connectivity index (χ4n) is 0.959. The number of rotatable bonds is 6. The number of hydrogen-bond acceptors (Lipinski definition) is 2. The molecule has 0 saturated carbocycles. The van der Waals surface area contributed by atoms with Crippen LogP contribution < -0.4 is 0 Å². The fraction of sp³-hybridized carbons (Fsp3) is 0.667. The summed E-state index contributed by atoms with van der Waals surface area (Å²) in [7, 11) is 0. The molecule has 0 aromatic heterocycles. The summed E-state index contributed by atoms with van der Waals surface area (Å²) in [5.41, 5.74) is 0. The molecule has 0 saturated heterocycles. The lowest BCUT2D eigenvalue weighted by molar-refractivity contribution is -0.131. The van der Waals surface area contributed by atoms with Crippen LogP contribution in [-0.4, -0.2) is 22.8 Å². The molecule has 0 aromatic rings. The van der Waals surface area contributed by atoms with Crippen LogP contribution in [0.2, 0.25) is 0 Å². The van der Waals surface area contributed by atoms with E-state index in [0.29, 0.717) is 5.92 Å². The van der Waals surface area contributed by atoms with Gasteiger partial charge in [-0.05, 0) is 25.2 Å². The molecule has 1 atom stereocenters. The summed E-state index contributed by atoms with van der Waals surface area (Å²) in [4.78, 5) is 10.1. The summed E-state index contributed by atoms with van der Waals surface area (Å²) >= 11 is 0. The van der Waals surface area contributed by atoms with Gasteiger partial charge in [0, 0.05) is 12.7 Å². The number of aliphatic hydroxyl groups excluding tert-OH is 1. The van der Waals surface area contributed by atoms with Gasteiger partial charge in [0.1, 0.15) is 0 Å². The summed E-state index contributed by atoms with van der Waals surface area (Å²) < 4.78 is 0. The first-order chi connectivity index (χ1) is 5.66. The third-order valence-corrected chi connectivity index (χ3v) is 1.65. The van der Waals surface area contributed by atoms with Gasteiger partial charge in [-0.3, -0.25) is 0 Å². The van der Waals surface area contributed by atoms with Crippen molar-refractivity contribution in [1.82, 2.24) is 0 Å². The maximum Gasteiger partial charge on any atom is 0.327 e. The Morgan fingerprint density at radius 3 is 2.75 bits per heavy atom. The van der Waals surface area contributed by atoms with E-state index in [1.165, 1.54) is 0 Å². The Morgan fingerprint density at radius 2 is 2.25 bits per heavy atom. The molecule has 70 valence electrons. The molecule has 0 rings (SSSR count). The number of allylic oxidation sites excluding steroid dienone is 1. The van der Waals surface area contributed by atoms with Crippen molar-refractivity contribution in [2.24, 2.45) is 5.92 Å². The Bertz CT molecular complexity index is 152. The van der Waals surface area contributed by atoms with E-state index in [1.807, 2.05) is 6.92 Å². The van der Waals surface area contributed by atoms with Gasteiger partial charge >= 0.3 is 5.97 Å². The lowest BCUT2D eigenvalue weighted by Crippen LogP contribution is -1.95. The second-order valence-corrected chi connectivity index (χ2v) is 2.95. The number of carboxylic acids is 1. The number of hydrogen-bond donors (Lipinski definition) is 2. The van der Waals surface area contributed by atoms with E-state index in [4.69, 9.17) is 10.2 Å². The molecule has 0 aromatic carbocycles. The molecular weight excluding hydrogens is 156 g/mol. The zero-order valence-corrected chi connectivity index (χ0v) is 7.36. The van der Waals surface area contributed by atoms with Gasteiger partial charge in [0.25, 0.3) is 0 Å². The average Bonchev–Trinajstić information content (AvgIpc) is 2.00. The molecule has 0 aliphatic rings. The van der Waals surface area contributed by atoms with Crippen molar-refractivity contribution >= 4 is 5.97 Å². The van der Waals surface area contributed by atoms with Gasteiger partial charge < -0.3 is 10.2 Å². The minimum atomic E-state index is -0.899. The van der Waals surface area contributed by atoms with Crippen LogP contribution in [0.1, 0.15) is 26.2 Å². The Hall–Kier alpha value is -0.830. The first kappa shape index (κ1) is 11.2. The van der Waals surface area contributed by atoms with Crippen LogP contribution in [0.4, 0.5) is 0 Å². The summed E-state index contributed by atoms with van der Waals surface area (Å²) in [5.74, 6) is -0.447. The van der Waals surface area contributed by atoms with Gasteiger partial charge in [-0.25, -0.2) is 4.79 Å². The molecule has 3 nitrogen and oxygen atoms in total. The third-order valence-electron chi connectivity index (χ3n) is 1.65. The second kappa shape index (κ2) is 6.85. The predicted octanol–water partition coefficient (Wildman–Crippen LogP) is 1.43. The van der Waals surface area contributed by atoms with Crippen LogP contribution in [0.25, 0.3) is 0 Å². The molecule has 0 amide bonds. The lowest BCUT2D eigenvalue weighted by Gasteiger charge is -2.05. The van der Waals surface area contributed by atoms with Gasteiger partial charge in [-0.2, -0.15) is 0 Å². The molecule has 0 spiro atoms. The van der Waals surface area contributed by atoms with Crippen molar-refractivity contribution < 1.29 is 15.0 Å². The molecule has 0 bridgehead atoms. The van der Waals surface area contributed by atoms with Crippen LogP contribution in [0.5, 0.6) is 0 Å². The van der Waals surface area contributed by atoms with E-state index in [0.717, 1.165) is 25.3 Å². The van der Waals surface area contributed by atoms with Crippen molar-refractivity contribution in [2.45, 2.75) is 26.2 Å². The van der Waals surface area contributed by atoms with E-state index in [9.17, 15) is 4.79 Å². The highest BCUT2D eigenvalue weighted by Crippen LogP contribution is 2.09. The Kier molecular flexibility index (Phi) is 6.38. The van der Waals surface area contributed by atoms with Crippen LogP contribution >= 0.6 is 0 Å². The zero-order chi connectivity index (χ0) is 9.40. The van der Waals surface area contributed by atoms with Crippen molar-refractivity contribution in [3.63, 3.8) is 0 Å². The van der Waals surface area contributed by atoms with Crippen LogP contribution in [-0.2, 0) is 4.79 Å². The molecule has 2 N–H and O–H groups in total. The van der Waals surface area contributed by atoms with Gasteiger partial charge in [0.05, 0.1) is 0 Å². The van der Waals surface area contributed by atoms with Crippen molar-refractivity contribution in [3.05, 3.63) is 12.2 Å². The summed E-state index contributed by atoms with van der Waals surface area (Å²) in [6.45, 7) is 2.26. The fourth-order valence-corrected chi connectivity index (χ4v) is 0.959. The second-order valence-electron chi connectivity index (χ2n) is 2.95. The quantitative estimate of drug-likeness (QED) is 0.596. The van der Waals surface area contributed by atoms with Crippen LogP contribution in [0, 0.1) is 5.92 Å². The minimum Gasteiger partial charge on any atom is -0.478 e. The molecule has 3 heteroatoms. The standard InChI is InChI=1S/C9H16O3/c1-8(5-3-7-10)4-2-6-9(11)12/h2,6,8,10H,3-5,7H2,1H3,(H,11,12). The van der Waals surface area contributed by atoms with Gasteiger partial charge in [0.2, 0.25) is 0 Å². The molecule has 0 aliphatic carbocycles. The summed E-state index contributed by atoms with van der Waals surface area (Å²) in [6.07, 6.45) is 5.33. The summed E-state index contributed by atoms with van der Waals surface area (Å²) in [6, 6.07) is 0. The smallest absolute Gasteiger partial charge is 0.327 e. The monoisotopic (exact) mass is 172 g/mol. The van der Waals surface area contributed by atoms with E-state index >= 15 is 0 Å². The molecule has 0 heterocycles. The van der Waals surface area contributed by atoms with Crippen molar-refractivity contribution in [3.8, 4) is 0 Å². The maximum atomic E-state index is 10.1. The SMILES string of the molecule is CC(CC=CC(=O)O)CCCO. The molecular formula is C9H16O3. The largest absolute Gasteiger partial charge is 0.478 e. The van der Waals surface area contributed by atoms with Crippen LogP contribution in [0.15, 0.2) is 12.2 Å². The Morgan fingerprint density at radius 1 is 1.58 bits per heavy atom. The molecule has 12 heavy (non-hydrogen) atoms. The van der Waals surface area contributed by atoms with E-state index in [2.05, 4.69) is 0 Å². The number of carboxylic acid groups (broad SMARTS) is 1. The molecule has 0 radical (unpaired) electrons. The Labute approximate surface area is 72.7 Å². The van der Waals surface area contributed by atoms with E-state index in [1.54, 1.807) is 6.08 Å². The molecule has 1 unspecified atom stereocenters. The number of aliphatic carboxylic acids is 1. The van der Waals surface area contributed by atoms with Crippen LogP contribution in [0.3, 0.4) is 0 Å². The number of aliphatic hydroxyl groups is 1. The van der Waals surface area contributed by atoms with E-state index < -0.39 is 5.97 Å². The highest BCUT2D eigenvalue weighted by Gasteiger charge is 1.98. The minimum absolute atomic E-state index is 0.215. The normalized spacial score (nSPS) is 13.5. The third kappa shape index (κ3) is 7.28. The summed E-state index contributed by atoms with van der Waals surface area (Å²) in [5, 5.41) is 16.8. The van der Waals surface area contributed by atoms with E-state index in [-0.39, 0.29) is 6.61 Å². The average molecular weight is 172 g/mol. The van der Waals surface area contributed by atoms with Gasteiger partial charge in [-0.1, -0.05) is 13.0 Å². The van der Waals surface area contributed by atoms with Gasteiger partial charge in [-0.15, -0.1) is 0 Å². The zero-order valence-electron chi connectivity index (χ0n) is 7.36. The lowest BCUT2D eigenvalue weighted by atomic mass is 10.0.